The Balaban J connectivity index is 0.939. The minimum Gasteiger partial charge on any atom is -0.308 e. The number of aromatic nitrogens is 21. The van der Waals surface area contributed by atoms with E-state index in [-0.39, 0.29) is 84.7 Å². The first-order chi connectivity index (χ1) is 46.9. The molecule has 0 spiro atoms. The Bertz CT molecular complexity index is 5090. The molecule has 0 saturated carbocycles. The third-order valence-electron chi connectivity index (χ3n) is 13.4. The molecule has 6 N–H and O–H groups in total. The summed E-state index contributed by atoms with van der Waals surface area (Å²) in [6, 6.07) is 22.8. The van der Waals surface area contributed by atoms with Gasteiger partial charge >= 0.3 is 0 Å². The zero-order valence-corrected chi connectivity index (χ0v) is 48.1. The molecular formula is C57H33N33O6. The van der Waals surface area contributed by atoms with E-state index in [1.165, 1.54) is 91.8 Å². The van der Waals surface area contributed by atoms with Gasteiger partial charge in [-0.1, -0.05) is 36.4 Å². The Kier molecular flexibility index (Phi) is 16.1. The molecule has 0 aliphatic rings. The molecule has 0 fully saturated rings. The van der Waals surface area contributed by atoms with Crippen LogP contribution in [0.25, 0.3) is 50.6 Å². The number of nitrogens with one attached hydrogen (secondary N) is 6. The maximum Gasteiger partial charge on any atom is 0.261 e. The highest BCUT2D eigenvalue weighted by atomic mass is 16.2. The summed E-state index contributed by atoms with van der Waals surface area (Å²) in [5.41, 5.74) is -2.32. The van der Waals surface area contributed by atoms with Crippen LogP contribution in [0.5, 0.6) is 0 Å². The van der Waals surface area contributed by atoms with Gasteiger partial charge < -0.3 is 15.0 Å². The van der Waals surface area contributed by atoms with E-state index in [1.807, 2.05) is 18.2 Å². The van der Waals surface area contributed by atoms with Gasteiger partial charge in [0, 0.05) is 37.2 Å². The fraction of sp³-hybridized carbons (Fsp3) is 0.0526. The van der Waals surface area contributed by atoms with Crippen molar-refractivity contribution >= 4 is 85.7 Å². The lowest BCUT2D eigenvalue weighted by Gasteiger charge is -2.15. The number of carbonyl (C=O) groups excluding carboxylic acids is 3. The minimum absolute atomic E-state index is 0.0564. The van der Waals surface area contributed by atoms with Gasteiger partial charge in [0.15, 0.2) is 17.5 Å². The zero-order valence-electron chi connectivity index (χ0n) is 48.1. The average Bonchev–Trinajstić information content (AvgIpc) is 1.15. The van der Waals surface area contributed by atoms with Crippen molar-refractivity contribution in [3.05, 3.63) is 212 Å². The number of nitrogens with zero attached hydrogens (tertiary/aromatic N) is 27. The molecule has 3 amide bonds. The average molecular weight is 1280 g/mol. The smallest absolute Gasteiger partial charge is 0.261 e. The van der Waals surface area contributed by atoms with E-state index in [9.17, 15) is 30.2 Å². The van der Waals surface area contributed by atoms with Crippen LogP contribution < -0.4 is 32.6 Å². The lowest BCUT2D eigenvalue weighted by Crippen LogP contribution is -2.28. The normalized spacial score (nSPS) is 12.3. The predicted octanol–water partition coefficient (Wildman–Crippen LogP) is 4.51. The van der Waals surface area contributed by atoms with Gasteiger partial charge in [-0.25, -0.2) is 44.9 Å². The molecule has 0 saturated heterocycles. The first-order valence-corrected chi connectivity index (χ1v) is 27.6. The molecule has 10 heterocycles. The number of anilines is 3. The van der Waals surface area contributed by atoms with E-state index < -0.39 is 87.8 Å². The van der Waals surface area contributed by atoms with Crippen LogP contribution in [0.3, 0.4) is 0 Å². The fourth-order valence-corrected chi connectivity index (χ4v) is 9.00. The van der Waals surface area contributed by atoms with E-state index in [0.29, 0.717) is 0 Å². The Morgan fingerprint density at radius 2 is 0.667 bits per heavy atom. The lowest BCUT2D eigenvalue weighted by atomic mass is 10.2. The second-order valence-corrected chi connectivity index (χ2v) is 19.4. The van der Waals surface area contributed by atoms with Crippen molar-refractivity contribution in [2.75, 3.05) is 16.0 Å². The highest BCUT2D eigenvalue weighted by Gasteiger charge is 2.32. The number of benzene rings is 3. The Hall–Kier alpha value is -15.4. The van der Waals surface area contributed by atoms with Crippen molar-refractivity contribution in [3.8, 4) is 36.1 Å². The highest BCUT2D eigenvalue weighted by Crippen LogP contribution is 2.30. The number of para-hydroxylation sites is 3. The number of rotatable bonds is 18. The summed E-state index contributed by atoms with van der Waals surface area (Å²) < 4.78 is 3.16. The van der Waals surface area contributed by atoms with Gasteiger partial charge in [0.25, 0.3) is 52.2 Å². The monoisotopic (exact) mass is 1280 g/mol. The molecule has 39 heteroatoms. The fourth-order valence-electron chi connectivity index (χ4n) is 9.00. The summed E-state index contributed by atoms with van der Waals surface area (Å²) in [7, 11) is 0. The van der Waals surface area contributed by atoms with Gasteiger partial charge in [-0.3, -0.25) is 44.7 Å². The minimum atomic E-state index is -2.00. The second kappa shape index (κ2) is 26.0. The molecule has 462 valence electrons. The van der Waals surface area contributed by atoms with E-state index >= 15 is 14.4 Å². The van der Waals surface area contributed by atoms with E-state index in [4.69, 9.17) is 0 Å². The third kappa shape index (κ3) is 12.1. The summed E-state index contributed by atoms with van der Waals surface area (Å²) >= 11 is 0. The summed E-state index contributed by atoms with van der Waals surface area (Å²) in [6.45, 7) is 0. The topological polar surface area (TPSA) is 540 Å². The molecule has 3 aromatic carbocycles. The number of fused-ring (bicyclic) bond motifs is 3. The Labute approximate surface area is 531 Å². The number of hydrogen-bond donors (Lipinski definition) is 6. The van der Waals surface area contributed by atoms with E-state index in [2.05, 4.69) is 137 Å². The van der Waals surface area contributed by atoms with Crippen molar-refractivity contribution in [1.29, 1.82) is 15.8 Å². The molecule has 10 aromatic heterocycles. The maximum absolute atomic E-state index is 15.1. The maximum atomic E-state index is 15.1. The van der Waals surface area contributed by atoms with Gasteiger partial charge in [0.2, 0.25) is 36.0 Å². The number of H-pyrrole nitrogens is 3. The van der Waals surface area contributed by atoms with Gasteiger partial charge in [0.05, 0.1) is 51.3 Å². The molecule has 39 nitrogen and oxygen atoms in total. The largest absolute Gasteiger partial charge is 0.308 e. The molecule has 96 heavy (non-hydrogen) atoms. The molecule has 13 aromatic rings. The van der Waals surface area contributed by atoms with Crippen LogP contribution in [0, 0.1) is 34.0 Å². The molecule has 0 aliphatic heterocycles. The quantitative estimate of drug-likeness (QED) is 0.0643. The summed E-state index contributed by atoms with van der Waals surface area (Å²) in [5.74, 6) is -8.35. The molecule has 0 aliphatic carbocycles. The number of aromatic amines is 3. The van der Waals surface area contributed by atoms with Crippen LogP contribution in [0.4, 0.5) is 35.3 Å². The molecule has 13 rings (SSSR count). The van der Waals surface area contributed by atoms with Gasteiger partial charge in [-0.05, 0) is 54.6 Å². The number of nitriles is 3. The third-order valence-corrected chi connectivity index (χ3v) is 13.4. The SMILES string of the molecule is N#Cc1cnn(-c2ncccn2)c1N=NC(C(=O)Nc1nc(NC(=O)C(N=Nc2c(C#N)cnn2-c2ncccn2)c2nc3ccccc3c(=O)[nH]2)nc(NC(=O)C(N=Nc2c(C#N)cnn2-c2ncccn2)c2nc3ccccc3c(=O)[nH]2)n1)c1nc2ccccc2c(=O)[nH]1. The van der Waals surface area contributed by atoms with Gasteiger partial charge in [0.1, 0.15) is 52.4 Å². The second-order valence-electron chi connectivity index (χ2n) is 19.4. The molecule has 0 bridgehead atoms. The zero-order chi connectivity index (χ0) is 66.2. The van der Waals surface area contributed by atoms with Crippen LogP contribution in [0.15, 0.2) is 192 Å². The lowest BCUT2D eigenvalue weighted by molar-refractivity contribution is -0.118. The highest BCUT2D eigenvalue weighted by molar-refractivity contribution is 5.98. The summed E-state index contributed by atoms with van der Waals surface area (Å²) in [5, 5.41) is 76.1. The summed E-state index contributed by atoms with van der Waals surface area (Å²) in [6.07, 6.45) is 11.8. The van der Waals surface area contributed by atoms with E-state index in [0.717, 1.165) is 32.6 Å². The molecule has 0 radical (unpaired) electrons. The van der Waals surface area contributed by atoms with Crippen molar-refractivity contribution in [2.45, 2.75) is 18.1 Å². The molecule has 3 unspecified atom stereocenters. The molecule has 3 atom stereocenters. The van der Waals surface area contributed by atoms with Crippen molar-refractivity contribution < 1.29 is 14.4 Å². The van der Waals surface area contributed by atoms with Crippen LogP contribution in [0.1, 0.15) is 52.3 Å². The summed E-state index contributed by atoms with van der Waals surface area (Å²) in [4.78, 5) is 145. The Morgan fingerprint density at radius 1 is 0.396 bits per heavy atom. The van der Waals surface area contributed by atoms with Crippen LogP contribution in [-0.4, -0.2) is 122 Å². The molecular weight excluding hydrogens is 1240 g/mol. The van der Waals surface area contributed by atoms with Gasteiger partial charge in [-0.15, -0.1) is 15.3 Å². The Morgan fingerprint density at radius 3 is 0.938 bits per heavy atom. The van der Waals surface area contributed by atoms with Crippen molar-refractivity contribution in [2.24, 2.45) is 30.7 Å². The number of amides is 3. The van der Waals surface area contributed by atoms with Crippen LogP contribution in [0.2, 0.25) is 0 Å². The first kappa shape index (κ1) is 59.6. The van der Waals surface area contributed by atoms with Crippen LogP contribution in [-0.2, 0) is 14.4 Å². The number of hydrogen-bond acceptors (Lipinski definition) is 30. The predicted molar refractivity (Wildman–Crippen MR) is 326 cm³/mol. The number of azo groups is 3. The van der Waals surface area contributed by atoms with Gasteiger partial charge in [-0.2, -0.15) is 75.4 Å². The first-order valence-electron chi connectivity index (χ1n) is 27.6. The van der Waals surface area contributed by atoms with Crippen molar-refractivity contribution in [3.63, 3.8) is 0 Å². The number of carbonyl (C=O) groups is 3. The van der Waals surface area contributed by atoms with E-state index in [1.54, 1.807) is 36.4 Å². The van der Waals surface area contributed by atoms with Crippen LogP contribution >= 0.6 is 0 Å². The standard InChI is InChI=1S/C57H33N33O6/c58-22-28-25-67-88(55-61-16-7-17-62-55)43(28)85-82-37(40-70-34-13-4-1-10-31(34)46(91)73-40)49(94)76-52-79-53(77-50(95)38(41-71-35-14-5-2-11-32(35)47(92)74-41)83-86-44-29(23-59)26-68-89(44)56-63-18-8-19-64-56)81-54(80-52)78-51(96)39(42-72-36-15-6-3-12-33(36)48(93)75-42)84-87-45-30(24-60)27-69-90(45)57-65-20-9-21-66-57/h1-21,25-27,37-39H,(H,70,73,91)(H,71,74,92)(H,72,75,93)(H3,76,77,78,79,80,81,94,95,96). The van der Waals surface area contributed by atoms with Crippen molar-refractivity contribution in [1.82, 2.24) is 104 Å².